The highest BCUT2D eigenvalue weighted by Crippen LogP contribution is 2.88. The number of piperidine rings is 1. The van der Waals surface area contributed by atoms with E-state index in [1.807, 2.05) is 12.2 Å². The van der Waals surface area contributed by atoms with Gasteiger partial charge in [-0.1, -0.05) is 25.0 Å². The Morgan fingerprint density at radius 3 is 1.83 bits per heavy atom. The molecular formula is C15H19NO2. The summed E-state index contributed by atoms with van der Waals surface area (Å²) >= 11 is 0. The lowest BCUT2D eigenvalue weighted by Gasteiger charge is -2.23. The molecule has 2 unspecified atom stereocenters. The summed E-state index contributed by atoms with van der Waals surface area (Å²) in [7, 11) is 0. The number of hydrogen-bond donors (Lipinski definition) is 1. The van der Waals surface area contributed by atoms with Crippen LogP contribution < -0.4 is 5.32 Å². The fraction of sp³-hybridized carbons (Fsp3) is 0.600. The molecule has 2 aliphatic carbocycles. The summed E-state index contributed by atoms with van der Waals surface area (Å²) in [5.74, 6) is -0.0909. The maximum atomic E-state index is 12.3. The van der Waals surface area contributed by atoms with Gasteiger partial charge in [-0.25, -0.2) is 0 Å². The number of amides is 2. The van der Waals surface area contributed by atoms with Crippen LogP contribution in [0.5, 0.6) is 0 Å². The molecule has 18 heavy (non-hydrogen) atoms. The summed E-state index contributed by atoms with van der Waals surface area (Å²) in [6.07, 6.45) is 8.94. The van der Waals surface area contributed by atoms with Crippen LogP contribution in [0, 0.1) is 16.2 Å². The molecule has 0 aromatic carbocycles. The molecule has 1 saturated heterocycles. The van der Waals surface area contributed by atoms with E-state index in [4.69, 9.17) is 0 Å². The molecule has 1 heterocycles. The van der Waals surface area contributed by atoms with Gasteiger partial charge in [0.25, 0.3) is 0 Å². The van der Waals surface area contributed by atoms with Gasteiger partial charge in [-0.15, -0.1) is 13.2 Å². The third-order valence-electron chi connectivity index (χ3n) is 5.64. The van der Waals surface area contributed by atoms with Gasteiger partial charge in [0.1, 0.15) is 0 Å². The van der Waals surface area contributed by atoms with Crippen molar-refractivity contribution >= 4 is 11.8 Å². The summed E-state index contributed by atoms with van der Waals surface area (Å²) < 4.78 is 0. The van der Waals surface area contributed by atoms with E-state index in [0.29, 0.717) is 0 Å². The van der Waals surface area contributed by atoms with Crippen LogP contribution in [0.3, 0.4) is 0 Å². The van der Waals surface area contributed by atoms with Crippen molar-refractivity contribution in [2.24, 2.45) is 16.2 Å². The Bertz CT molecular complexity index is 425. The molecule has 0 radical (unpaired) electrons. The van der Waals surface area contributed by atoms with E-state index in [1.165, 1.54) is 0 Å². The number of rotatable bonds is 4. The number of allylic oxidation sites excluding steroid dienone is 2. The van der Waals surface area contributed by atoms with Crippen LogP contribution >= 0.6 is 0 Å². The van der Waals surface area contributed by atoms with Gasteiger partial charge in [-0.05, 0) is 25.7 Å². The smallest absolute Gasteiger partial charge is 0.234 e. The summed E-state index contributed by atoms with van der Waals surface area (Å²) in [6.45, 7) is 7.64. The normalized spacial score (nSPS) is 39.6. The molecule has 0 aromatic heterocycles. The molecular weight excluding hydrogens is 226 g/mol. The highest BCUT2D eigenvalue weighted by molar-refractivity contribution is 6.16. The minimum atomic E-state index is -0.461. The quantitative estimate of drug-likeness (QED) is 0.610. The molecule has 3 nitrogen and oxygen atoms in total. The van der Waals surface area contributed by atoms with Gasteiger partial charge in [0, 0.05) is 5.41 Å². The zero-order valence-corrected chi connectivity index (χ0v) is 10.6. The van der Waals surface area contributed by atoms with Gasteiger partial charge in [0.05, 0.1) is 10.8 Å². The van der Waals surface area contributed by atoms with Gasteiger partial charge in [0.2, 0.25) is 11.8 Å². The first-order valence-corrected chi connectivity index (χ1v) is 6.71. The van der Waals surface area contributed by atoms with Crippen LogP contribution in [0.1, 0.15) is 38.5 Å². The topological polar surface area (TPSA) is 46.2 Å². The monoisotopic (exact) mass is 245 g/mol. The van der Waals surface area contributed by atoms with Crippen LogP contribution in [0.4, 0.5) is 0 Å². The zero-order valence-electron chi connectivity index (χ0n) is 10.6. The highest BCUT2D eigenvalue weighted by Gasteiger charge is 2.94. The largest absolute Gasteiger partial charge is 0.295 e. The predicted octanol–water partition coefficient (Wildman–Crippen LogP) is 2.34. The molecule has 2 saturated carbocycles. The molecule has 1 aliphatic heterocycles. The van der Waals surface area contributed by atoms with Crippen molar-refractivity contribution in [2.45, 2.75) is 38.5 Å². The Morgan fingerprint density at radius 1 is 1.00 bits per heavy atom. The molecule has 2 amide bonds. The Balaban J connectivity index is 2.16. The Labute approximate surface area is 107 Å². The third kappa shape index (κ3) is 0.846. The first kappa shape index (κ1) is 11.7. The van der Waals surface area contributed by atoms with Crippen molar-refractivity contribution in [2.75, 3.05) is 0 Å². The highest BCUT2D eigenvalue weighted by atomic mass is 16.2. The second kappa shape index (κ2) is 3.34. The number of imide groups is 1. The van der Waals surface area contributed by atoms with Gasteiger partial charge >= 0.3 is 0 Å². The first-order valence-electron chi connectivity index (χ1n) is 6.71. The molecule has 3 heteroatoms. The molecule has 3 aliphatic rings. The minimum absolute atomic E-state index is 0.0455. The van der Waals surface area contributed by atoms with Crippen molar-refractivity contribution in [1.82, 2.24) is 5.32 Å². The van der Waals surface area contributed by atoms with Crippen molar-refractivity contribution in [1.29, 1.82) is 0 Å². The molecule has 3 fully saturated rings. The fourth-order valence-corrected chi connectivity index (χ4v) is 5.17. The number of carbonyl (C=O) groups excluding carboxylic acids is 2. The standard InChI is InChI=1S/C15H19NO2/c1-3-7-13(8-4-2)14-9-5-6-10-15(13,14)12(18)16-11(14)17/h3-4H,1-2,5-10H2,(H,16,17,18). The fourth-order valence-electron chi connectivity index (χ4n) is 5.17. The maximum Gasteiger partial charge on any atom is 0.234 e. The SMILES string of the molecule is C=CCC1(CC=C)C23CCCCC12C(=O)NC3=O. The molecule has 96 valence electrons. The average Bonchev–Trinajstić information content (AvgIpc) is 2.79. The van der Waals surface area contributed by atoms with Crippen molar-refractivity contribution < 1.29 is 9.59 Å². The molecule has 0 bridgehead atoms. The number of hydrogen-bond acceptors (Lipinski definition) is 2. The van der Waals surface area contributed by atoms with Crippen LogP contribution in [0.2, 0.25) is 0 Å². The van der Waals surface area contributed by atoms with E-state index in [-0.39, 0.29) is 17.2 Å². The Hall–Kier alpha value is -1.38. The number of carbonyl (C=O) groups is 2. The van der Waals surface area contributed by atoms with Gasteiger partial charge in [0.15, 0.2) is 0 Å². The van der Waals surface area contributed by atoms with Crippen LogP contribution in [-0.2, 0) is 9.59 Å². The van der Waals surface area contributed by atoms with Crippen LogP contribution in [-0.4, -0.2) is 11.8 Å². The minimum Gasteiger partial charge on any atom is -0.295 e. The summed E-state index contributed by atoms with van der Waals surface area (Å²) in [4.78, 5) is 24.7. The first-order chi connectivity index (χ1) is 8.63. The molecule has 1 N–H and O–H groups in total. The zero-order chi connectivity index (χ0) is 13.0. The molecule has 2 atom stereocenters. The van der Waals surface area contributed by atoms with E-state index in [0.717, 1.165) is 38.5 Å². The predicted molar refractivity (Wildman–Crippen MR) is 68.5 cm³/mol. The van der Waals surface area contributed by atoms with Crippen molar-refractivity contribution in [3.63, 3.8) is 0 Å². The molecule has 0 aromatic rings. The van der Waals surface area contributed by atoms with E-state index >= 15 is 0 Å². The molecule has 3 rings (SSSR count). The van der Waals surface area contributed by atoms with E-state index in [9.17, 15) is 9.59 Å². The van der Waals surface area contributed by atoms with Crippen molar-refractivity contribution in [3.05, 3.63) is 25.3 Å². The second-order valence-corrected chi connectivity index (χ2v) is 5.87. The molecule has 0 spiro atoms. The third-order valence-corrected chi connectivity index (χ3v) is 5.64. The summed E-state index contributed by atoms with van der Waals surface area (Å²) in [5, 5.41) is 2.56. The lowest BCUT2D eigenvalue weighted by atomic mass is 9.81. The Morgan fingerprint density at radius 2 is 1.44 bits per heavy atom. The average molecular weight is 245 g/mol. The van der Waals surface area contributed by atoms with E-state index < -0.39 is 10.8 Å². The lowest BCUT2D eigenvalue weighted by molar-refractivity contribution is -0.132. The summed E-state index contributed by atoms with van der Waals surface area (Å²) in [5.41, 5.74) is -1.16. The van der Waals surface area contributed by atoms with Gasteiger partial charge < -0.3 is 0 Å². The van der Waals surface area contributed by atoms with Gasteiger partial charge in [-0.2, -0.15) is 0 Å². The van der Waals surface area contributed by atoms with Gasteiger partial charge in [-0.3, -0.25) is 14.9 Å². The summed E-state index contributed by atoms with van der Waals surface area (Å²) in [6, 6.07) is 0. The number of nitrogens with one attached hydrogen (secondary N) is 1. The van der Waals surface area contributed by atoms with Crippen LogP contribution in [0.15, 0.2) is 25.3 Å². The van der Waals surface area contributed by atoms with E-state index in [2.05, 4.69) is 18.5 Å². The lowest BCUT2D eigenvalue weighted by Crippen LogP contribution is -2.37. The van der Waals surface area contributed by atoms with Crippen LogP contribution in [0.25, 0.3) is 0 Å². The second-order valence-electron chi connectivity index (χ2n) is 5.87. The Kier molecular flexibility index (Phi) is 2.17. The van der Waals surface area contributed by atoms with Crippen molar-refractivity contribution in [3.8, 4) is 0 Å². The maximum absolute atomic E-state index is 12.3. The van der Waals surface area contributed by atoms with E-state index in [1.54, 1.807) is 0 Å².